The van der Waals surface area contributed by atoms with Crippen LogP contribution in [0.25, 0.3) is 0 Å². The van der Waals surface area contributed by atoms with Crippen molar-refractivity contribution in [1.29, 1.82) is 0 Å². The second kappa shape index (κ2) is 8.14. The Balaban J connectivity index is 2.16. The molecule has 0 radical (unpaired) electrons. The average molecular weight is 337 g/mol. The molecule has 2 aromatic rings. The van der Waals surface area contributed by atoms with Gasteiger partial charge in [-0.25, -0.2) is 0 Å². The summed E-state index contributed by atoms with van der Waals surface area (Å²) in [5, 5.41) is 2.66. The number of methoxy groups -OCH3 is 2. The zero-order valence-corrected chi connectivity index (χ0v) is 13.2. The van der Waals surface area contributed by atoms with Crippen LogP contribution in [0.2, 0.25) is 0 Å². The summed E-state index contributed by atoms with van der Waals surface area (Å²) in [7, 11) is 2.85. The van der Waals surface area contributed by atoms with Crippen LogP contribution in [-0.2, 0) is 6.54 Å². The molecule has 0 unspecified atom stereocenters. The Morgan fingerprint density at radius 3 is 2.54 bits per heavy atom. The molecule has 0 aliphatic heterocycles. The number of rotatable bonds is 7. The number of benzene rings is 2. The topological polar surface area (TPSA) is 56.8 Å². The number of nitrogens with one attached hydrogen (secondary N) is 1. The van der Waals surface area contributed by atoms with Crippen molar-refractivity contribution in [2.75, 3.05) is 14.2 Å². The van der Waals surface area contributed by atoms with Gasteiger partial charge in [0.25, 0.3) is 5.91 Å². The first kappa shape index (κ1) is 17.5. The fraction of sp³-hybridized carbons (Fsp3) is 0.235. The van der Waals surface area contributed by atoms with Crippen LogP contribution in [0.5, 0.6) is 17.2 Å². The van der Waals surface area contributed by atoms with Crippen LogP contribution in [-0.4, -0.2) is 26.7 Å². The summed E-state index contributed by atoms with van der Waals surface area (Å²) >= 11 is 0. The number of alkyl halides is 2. The SMILES string of the molecule is COc1cccc(CNC(=O)c2cccc(OC)c2OC(F)F)c1. The number of hydrogen-bond acceptors (Lipinski definition) is 4. The molecule has 1 N–H and O–H groups in total. The smallest absolute Gasteiger partial charge is 0.387 e. The third-order valence-electron chi connectivity index (χ3n) is 3.24. The quantitative estimate of drug-likeness (QED) is 0.843. The highest BCUT2D eigenvalue weighted by Crippen LogP contribution is 2.32. The van der Waals surface area contributed by atoms with Crippen LogP contribution in [0.4, 0.5) is 8.78 Å². The number of halogens is 2. The van der Waals surface area contributed by atoms with Crippen molar-refractivity contribution in [3.8, 4) is 17.2 Å². The van der Waals surface area contributed by atoms with Gasteiger partial charge in [0, 0.05) is 6.54 Å². The highest BCUT2D eigenvalue weighted by atomic mass is 19.3. The predicted molar refractivity (Wildman–Crippen MR) is 83.8 cm³/mol. The van der Waals surface area contributed by atoms with Crippen molar-refractivity contribution >= 4 is 5.91 Å². The highest BCUT2D eigenvalue weighted by molar-refractivity contribution is 5.97. The second-order valence-electron chi connectivity index (χ2n) is 4.75. The molecule has 0 fully saturated rings. The lowest BCUT2D eigenvalue weighted by Crippen LogP contribution is -2.24. The third kappa shape index (κ3) is 4.34. The van der Waals surface area contributed by atoms with Crippen molar-refractivity contribution in [2.24, 2.45) is 0 Å². The van der Waals surface area contributed by atoms with Gasteiger partial charge < -0.3 is 19.5 Å². The van der Waals surface area contributed by atoms with E-state index in [1.165, 1.54) is 25.3 Å². The Labute approximate surface area is 138 Å². The third-order valence-corrected chi connectivity index (χ3v) is 3.24. The van der Waals surface area contributed by atoms with Gasteiger partial charge in [-0.05, 0) is 29.8 Å². The molecule has 0 aromatic heterocycles. The molecule has 128 valence electrons. The zero-order chi connectivity index (χ0) is 17.5. The number of carbonyl (C=O) groups is 1. The Morgan fingerprint density at radius 2 is 1.88 bits per heavy atom. The summed E-state index contributed by atoms with van der Waals surface area (Å²) in [6, 6.07) is 11.5. The number of para-hydroxylation sites is 1. The first-order chi connectivity index (χ1) is 11.5. The molecule has 0 atom stereocenters. The number of amides is 1. The van der Waals surface area contributed by atoms with Crippen LogP contribution in [0.1, 0.15) is 15.9 Å². The Hall–Kier alpha value is -2.83. The minimum absolute atomic E-state index is 0.0300. The van der Waals surface area contributed by atoms with Crippen molar-refractivity contribution in [2.45, 2.75) is 13.2 Å². The first-order valence-electron chi connectivity index (χ1n) is 7.08. The zero-order valence-electron chi connectivity index (χ0n) is 13.2. The van der Waals surface area contributed by atoms with Gasteiger partial charge in [0.05, 0.1) is 19.8 Å². The van der Waals surface area contributed by atoms with E-state index in [-0.39, 0.29) is 23.6 Å². The lowest BCUT2D eigenvalue weighted by molar-refractivity contribution is -0.0515. The number of hydrogen-bond donors (Lipinski definition) is 1. The lowest BCUT2D eigenvalue weighted by atomic mass is 10.1. The molecule has 0 spiro atoms. The van der Waals surface area contributed by atoms with Crippen molar-refractivity contribution in [3.63, 3.8) is 0 Å². The summed E-state index contributed by atoms with van der Waals surface area (Å²) in [4.78, 5) is 12.3. The molecule has 0 saturated carbocycles. The van der Waals surface area contributed by atoms with Gasteiger partial charge in [0.2, 0.25) is 0 Å². The minimum Gasteiger partial charge on any atom is -0.497 e. The van der Waals surface area contributed by atoms with E-state index in [9.17, 15) is 13.6 Å². The first-order valence-corrected chi connectivity index (χ1v) is 7.08. The van der Waals surface area contributed by atoms with Crippen LogP contribution >= 0.6 is 0 Å². The van der Waals surface area contributed by atoms with Gasteiger partial charge in [-0.2, -0.15) is 8.78 Å². The fourth-order valence-electron chi connectivity index (χ4n) is 2.13. The standard InChI is InChI=1S/C17H17F2NO4/c1-22-12-6-3-5-11(9-12)10-20-16(21)13-7-4-8-14(23-2)15(13)24-17(18)19/h3-9,17H,10H2,1-2H3,(H,20,21). The molecule has 7 heteroatoms. The Kier molecular flexibility index (Phi) is 5.95. The molecule has 2 aromatic carbocycles. The highest BCUT2D eigenvalue weighted by Gasteiger charge is 2.20. The summed E-state index contributed by atoms with van der Waals surface area (Å²) in [5.41, 5.74) is 0.777. The van der Waals surface area contributed by atoms with Gasteiger partial charge >= 0.3 is 6.61 Å². The molecular formula is C17H17F2NO4. The minimum atomic E-state index is -3.06. The Morgan fingerprint density at radius 1 is 1.12 bits per heavy atom. The largest absolute Gasteiger partial charge is 0.497 e. The Bertz CT molecular complexity index is 707. The van der Waals surface area contributed by atoms with Crippen LogP contribution in [0, 0.1) is 0 Å². The van der Waals surface area contributed by atoms with E-state index < -0.39 is 12.5 Å². The molecule has 0 aliphatic rings. The van der Waals surface area contributed by atoms with E-state index in [2.05, 4.69) is 10.1 Å². The van der Waals surface area contributed by atoms with Crippen molar-refractivity contribution < 1.29 is 27.8 Å². The molecule has 24 heavy (non-hydrogen) atoms. The van der Waals surface area contributed by atoms with E-state index in [1.807, 2.05) is 6.07 Å². The fourth-order valence-corrected chi connectivity index (χ4v) is 2.13. The van der Waals surface area contributed by atoms with Crippen LogP contribution in [0.3, 0.4) is 0 Å². The van der Waals surface area contributed by atoms with E-state index >= 15 is 0 Å². The molecular weight excluding hydrogens is 320 g/mol. The predicted octanol–water partition coefficient (Wildman–Crippen LogP) is 3.24. The van der Waals surface area contributed by atoms with Gasteiger partial charge in [-0.3, -0.25) is 4.79 Å². The maximum Gasteiger partial charge on any atom is 0.387 e. The maximum atomic E-state index is 12.6. The summed E-state index contributed by atoms with van der Waals surface area (Å²) in [5.74, 6) is -0.125. The van der Waals surface area contributed by atoms with E-state index in [4.69, 9.17) is 9.47 Å². The normalized spacial score (nSPS) is 10.4. The summed E-state index contributed by atoms with van der Waals surface area (Å²) < 4.78 is 39.7. The van der Waals surface area contributed by atoms with Crippen LogP contribution < -0.4 is 19.5 Å². The molecule has 0 saturated heterocycles. The maximum absolute atomic E-state index is 12.6. The number of carbonyl (C=O) groups excluding carboxylic acids is 1. The molecule has 1 amide bonds. The van der Waals surface area contributed by atoms with E-state index in [0.717, 1.165) is 5.56 Å². The molecule has 0 heterocycles. The molecule has 0 aliphatic carbocycles. The summed E-state index contributed by atoms with van der Waals surface area (Å²) in [6.45, 7) is -2.85. The monoisotopic (exact) mass is 337 g/mol. The van der Waals surface area contributed by atoms with Gasteiger partial charge in [0.1, 0.15) is 5.75 Å². The van der Waals surface area contributed by atoms with Crippen LogP contribution in [0.15, 0.2) is 42.5 Å². The molecule has 5 nitrogen and oxygen atoms in total. The summed E-state index contributed by atoms with van der Waals surface area (Å²) in [6.07, 6.45) is 0. The van der Waals surface area contributed by atoms with Crippen molar-refractivity contribution in [1.82, 2.24) is 5.32 Å². The van der Waals surface area contributed by atoms with E-state index in [0.29, 0.717) is 5.75 Å². The average Bonchev–Trinajstić information content (AvgIpc) is 2.59. The van der Waals surface area contributed by atoms with Crippen molar-refractivity contribution in [3.05, 3.63) is 53.6 Å². The lowest BCUT2D eigenvalue weighted by Gasteiger charge is -2.14. The molecule has 0 bridgehead atoms. The second-order valence-corrected chi connectivity index (χ2v) is 4.75. The van der Waals surface area contributed by atoms with Gasteiger partial charge in [-0.15, -0.1) is 0 Å². The van der Waals surface area contributed by atoms with E-state index in [1.54, 1.807) is 25.3 Å². The molecule has 2 rings (SSSR count). The van der Waals surface area contributed by atoms with Gasteiger partial charge in [-0.1, -0.05) is 18.2 Å². The number of ether oxygens (including phenoxy) is 3. The van der Waals surface area contributed by atoms with Gasteiger partial charge in [0.15, 0.2) is 11.5 Å².